The number of hydrogen-bond acceptors (Lipinski definition) is 3. The Morgan fingerprint density at radius 2 is 2.00 bits per heavy atom. The highest BCUT2D eigenvalue weighted by Crippen LogP contribution is 2.22. The summed E-state index contributed by atoms with van der Waals surface area (Å²) < 4.78 is 32.7. The molecule has 2 rings (SSSR count). The summed E-state index contributed by atoms with van der Waals surface area (Å²) in [5, 5.41) is 0. The van der Waals surface area contributed by atoms with Crippen molar-refractivity contribution in [1.82, 2.24) is 4.98 Å². The minimum atomic E-state index is -0.905. The van der Waals surface area contributed by atoms with Gasteiger partial charge in [-0.2, -0.15) is 0 Å². The molecule has 1 heterocycles. The third kappa shape index (κ3) is 2.63. The summed E-state index contributed by atoms with van der Waals surface area (Å²) in [5.41, 5.74) is -0.497. The summed E-state index contributed by atoms with van der Waals surface area (Å²) in [4.78, 5) is 15.7. The topological polar surface area (TPSA) is 39.2 Å². The van der Waals surface area contributed by atoms with Gasteiger partial charge in [-0.05, 0) is 24.3 Å². The molecule has 0 bridgehead atoms. The molecule has 6 heteroatoms. The predicted molar refractivity (Wildman–Crippen MR) is 68.3 cm³/mol. The second-order valence-electron chi connectivity index (χ2n) is 3.64. The van der Waals surface area contributed by atoms with Crippen molar-refractivity contribution in [3.8, 4) is 5.88 Å². The number of methoxy groups -OCH3 is 1. The van der Waals surface area contributed by atoms with Crippen LogP contribution in [0.1, 0.15) is 15.9 Å². The number of nitrogens with zero attached hydrogens (tertiary/aromatic N) is 1. The molecule has 0 atom stereocenters. The van der Waals surface area contributed by atoms with E-state index >= 15 is 0 Å². The molecule has 0 aliphatic rings. The van der Waals surface area contributed by atoms with Crippen LogP contribution in [-0.4, -0.2) is 17.9 Å². The van der Waals surface area contributed by atoms with Gasteiger partial charge in [-0.25, -0.2) is 13.8 Å². The molecule has 0 radical (unpaired) electrons. The normalized spacial score (nSPS) is 10.3. The number of pyridine rings is 1. The highest BCUT2D eigenvalue weighted by Gasteiger charge is 2.20. The standard InChI is InChI=1S/C13H8BrF2NO2/c1-19-13-11(16)9(4-5-17-13)12(18)8-3-2-7(14)6-10(8)15/h2-6H,1H3. The molecular weight excluding hydrogens is 320 g/mol. The van der Waals surface area contributed by atoms with Gasteiger partial charge in [-0.15, -0.1) is 0 Å². The van der Waals surface area contributed by atoms with Gasteiger partial charge in [0.15, 0.2) is 11.6 Å². The van der Waals surface area contributed by atoms with Crippen molar-refractivity contribution in [2.45, 2.75) is 0 Å². The van der Waals surface area contributed by atoms with E-state index in [1.807, 2.05) is 0 Å². The third-order valence-electron chi connectivity index (χ3n) is 2.47. The summed E-state index contributed by atoms with van der Waals surface area (Å²) in [5.74, 6) is -2.70. The van der Waals surface area contributed by atoms with Gasteiger partial charge in [0.1, 0.15) is 5.82 Å². The van der Waals surface area contributed by atoms with E-state index < -0.39 is 17.4 Å². The lowest BCUT2D eigenvalue weighted by atomic mass is 10.0. The van der Waals surface area contributed by atoms with E-state index in [9.17, 15) is 13.6 Å². The molecular formula is C13H8BrF2NO2. The van der Waals surface area contributed by atoms with Crippen LogP contribution in [-0.2, 0) is 0 Å². The fourth-order valence-corrected chi connectivity index (χ4v) is 1.89. The summed E-state index contributed by atoms with van der Waals surface area (Å²) in [6.07, 6.45) is 1.23. The van der Waals surface area contributed by atoms with E-state index in [1.165, 1.54) is 31.5 Å². The Labute approximate surface area is 116 Å². The van der Waals surface area contributed by atoms with Crippen LogP contribution in [0.2, 0.25) is 0 Å². The van der Waals surface area contributed by atoms with Crippen LogP contribution in [0.4, 0.5) is 8.78 Å². The Morgan fingerprint density at radius 3 is 2.63 bits per heavy atom. The zero-order chi connectivity index (χ0) is 14.0. The summed E-state index contributed by atoms with van der Waals surface area (Å²) >= 11 is 3.08. The van der Waals surface area contributed by atoms with Gasteiger partial charge in [0, 0.05) is 10.7 Å². The van der Waals surface area contributed by atoms with E-state index in [1.54, 1.807) is 0 Å². The summed E-state index contributed by atoms with van der Waals surface area (Å²) in [6.45, 7) is 0. The van der Waals surface area contributed by atoms with Crippen molar-refractivity contribution in [1.29, 1.82) is 0 Å². The molecule has 0 aliphatic heterocycles. The average molecular weight is 328 g/mol. The number of rotatable bonds is 3. The minimum absolute atomic E-state index is 0.213. The van der Waals surface area contributed by atoms with Gasteiger partial charge in [-0.3, -0.25) is 4.79 Å². The van der Waals surface area contributed by atoms with Crippen LogP contribution in [0.15, 0.2) is 34.9 Å². The zero-order valence-corrected chi connectivity index (χ0v) is 11.4. The van der Waals surface area contributed by atoms with Crippen LogP contribution in [0.25, 0.3) is 0 Å². The summed E-state index contributed by atoms with van der Waals surface area (Å²) in [7, 11) is 1.24. The first kappa shape index (κ1) is 13.6. The zero-order valence-electron chi connectivity index (χ0n) is 9.78. The maximum absolute atomic E-state index is 13.9. The van der Waals surface area contributed by atoms with Gasteiger partial charge in [0.25, 0.3) is 5.88 Å². The van der Waals surface area contributed by atoms with Crippen molar-refractivity contribution >= 4 is 21.7 Å². The van der Waals surface area contributed by atoms with Crippen molar-refractivity contribution in [2.75, 3.05) is 7.11 Å². The van der Waals surface area contributed by atoms with E-state index in [0.717, 1.165) is 6.07 Å². The molecule has 19 heavy (non-hydrogen) atoms. The first-order chi connectivity index (χ1) is 9.04. The molecule has 98 valence electrons. The molecule has 0 spiro atoms. The van der Waals surface area contributed by atoms with Crippen molar-refractivity contribution in [3.63, 3.8) is 0 Å². The highest BCUT2D eigenvalue weighted by atomic mass is 79.9. The van der Waals surface area contributed by atoms with Crippen LogP contribution in [0.3, 0.4) is 0 Å². The first-order valence-electron chi connectivity index (χ1n) is 5.23. The first-order valence-corrected chi connectivity index (χ1v) is 6.02. The number of ether oxygens (including phenoxy) is 1. The highest BCUT2D eigenvalue weighted by molar-refractivity contribution is 9.10. The van der Waals surface area contributed by atoms with Crippen molar-refractivity contribution in [3.05, 3.63) is 57.7 Å². The second-order valence-corrected chi connectivity index (χ2v) is 4.55. The molecule has 0 saturated carbocycles. The minimum Gasteiger partial charge on any atom is -0.479 e. The number of carbonyl (C=O) groups excluding carboxylic acids is 1. The average Bonchev–Trinajstić information content (AvgIpc) is 2.38. The molecule has 0 amide bonds. The number of aromatic nitrogens is 1. The third-order valence-corrected chi connectivity index (χ3v) is 2.96. The number of benzene rings is 1. The Kier molecular flexibility index (Phi) is 3.90. The quantitative estimate of drug-likeness (QED) is 0.811. The molecule has 0 unspecified atom stereocenters. The Bertz CT molecular complexity index is 647. The molecule has 0 aliphatic carbocycles. The van der Waals surface area contributed by atoms with E-state index in [0.29, 0.717) is 4.47 Å². The van der Waals surface area contributed by atoms with E-state index in [2.05, 4.69) is 25.7 Å². The summed E-state index contributed by atoms with van der Waals surface area (Å²) in [6, 6.07) is 5.12. The van der Waals surface area contributed by atoms with Crippen LogP contribution in [0, 0.1) is 11.6 Å². The second kappa shape index (κ2) is 5.44. The SMILES string of the molecule is COc1nccc(C(=O)c2ccc(Br)cc2F)c1F. The van der Waals surface area contributed by atoms with Gasteiger partial charge < -0.3 is 4.74 Å². The maximum atomic E-state index is 13.9. The molecule has 0 saturated heterocycles. The molecule has 3 nitrogen and oxygen atoms in total. The van der Waals surface area contributed by atoms with Crippen LogP contribution < -0.4 is 4.74 Å². The molecule has 2 aromatic rings. The van der Waals surface area contributed by atoms with Gasteiger partial charge in [-0.1, -0.05) is 15.9 Å². The van der Waals surface area contributed by atoms with E-state index in [4.69, 9.17) is 0 Å². The van der Waals surface area contributed by atoms with Crippen LogP contribution >= 0.6 is 15.9 Å². The van der Waals surface area contributed by atoms with Gasteiger partial charge >= 0.3 is 0 Å². The smallest absolute Gasteiger partial charge is 0.250 e. The maximum Gasteiger partial charge on any atom is 0.250 e. The van der Waals surface area contributed by atoms with Crippen molar-refractivity contribution in [2.24, 2.45) is 0 Å². The fraction of sp³-hybridized carbons (Fsp3) is 0.0769. The lowest BCUT2D eigenvalue weighted by Crippen LogP contribution is -2.08. The lowest BCUT2D eigenvalue weighted by Gasteiger charge is -2.06. The number of ketones is 1. The fourth-order valence-electron chi connectivity index (χ4n) is 1.56. The molecule has 1 aromatic heterocycles. The molecule has 1 aromatic carbocycles. The molecule has 0 fully saturated rings. The monoisotopic (exact) mass is 327 g/mol. The Balaban J connectivity index is 2.50. The van der Waals surface area contributed by atoms with Crippen LogP contribution in [0.5, 0.6) is 5.88 Å². The number of hydrogen-bond donors (Lipinski definition) is 0. The lowest BCUT2D eigenvalue weighted by molar-refractivity contribution is 0.103. The largest absolute Gasteiger partial charge is 0.479 e. The molecule has 0 N–H and O–H groups in total. The van der Waals surface area contributed by atoms with E-state index in [-0.39, 0.29) is 17.0 Å². The number of halogens is 3. The predicted octanol–water partition coefficient (Wildman–Crippen LogP) is 3.36. The number of carbonyl (C=O) groups is 1. The van der Waals surface area contributed by atoms with Gasteiger partial charge in [0.05, 0.1) is 18.2 Å². The van der Waals surface area contributed by atoms with Gasteiger partial charge in [0.2, 0.25) is 0 Å². The Hall–Kier alpha value is -1.82. The Morgan fingerprint density at radius 1 is 1.26 bits per heavy atom. The van der Waals surface area contributed by atoms with Crippen molar-refractivity contribution < 1.29 is 18.3 Å².